The Labute approximate surface area is 115 Å². The summed E-state index contributed by atoms with van der Waals surface area (Å²) in [5.41, 5.74) is 0.296. The molecule has 0 spiro atoms. The van der Waals surface area contributed by atoms with E-state index in [2.05, 4.69) is 5.32 Å². The van der Waals surface area contributed by atoms with Crippen LogP contribution < -0.4 is 10.1 Å². The highest BCUT2D eigenvalue weighted by molar-refractivity contribution is 6.30. The molecule has 100 valence electrons. The molecule has 0 saturated heterocycles. The van der Waals surface area contributed by atoms with Crippen LogP contribution in [0, 0.1) is 11.6 Å². The minimum atomic E-state index is -0.420. The average Bonchev–Trinajstić information content (AvgIpc) is 2.40. The van der Waals surface area contributed by atoms with E-state index < -0.39 is 11.6 Å². The van der Waals surface area contributed by atoms with E-state index in [1.165, 1.54) is 30.3 Å². The van der Waals surface area contributed by atoms with Crippen molar-refractivity contribution in [2.75, 3.05) is 18.5 Å². The summed E-state index contributed by atoms with van der Waals surface area (Å²) in [6, 6.07) is 10.4. The lowest BCUT2D eigenvalue weighted by Crippen LogP contribution is -2.12. The van der Waals surface area contributed by atoms with Crippen LogP contribution >= 0.6 is 11.6 Å². The molecule has 2 nitrogen and oxygen atoms in total. The number of para-hydroxylation sites is 1. The summed E-state index contributed by atoms with van der Waals surface area (Å²) in [5.74, 6) is -0.636. The topological polar surface area (TPSA) is 21.3 Å². The molecule has 0 aromatic heterocycles. The smallest absolute Gasteiger partial charge is 0.165 e. The lowest BCUT2D eigenvalue weighted by Gasteiger charge is -2.10. The second-order valence-corrected chi connectivity index (χ2v) is 4.27. The van der Waals surface area contributed by atoms with Crippen molar-refractivity contribution in [3.05, 3.63) is 59.1 Å². The van der Waals surface area contributed by atoms with Crippen LogP contribution in [0.5, 0.6) is 5.75 Å². The first-order valence-corrected chi connectivity index (χ1v) is 6.11. The summed E-state index contributed by atoms with van der Waals surface area (Å²) in [4.78, 5) is 0. The van der Waals surface area contributed by atoms with Gasteiger partial charge in [0.1, 0.15) is 12.4 Å². The first kappa shape index (κ1) is 13.6. The number of halogens is 3. The summed E-state index contributed by atoms with van der Waals surface area (Å²) >= 11 is 5.76. The quantitative estimate of drug-likeness (QED) is 0.834. The summed E-state index contributed by atoms with van der Waals surface area (Å²) < 4.78 is 31.8. The van der Waals surface area contributed by atoms with E-state index >= 15 is 0 Å². The van der Waals surface area contributed by atoms with Crippen LogP contribution in [-0.4, -0.2) is 13.2 Å². The number of anilines is 1. The third-order valence-electron chi connectivity index (χ3n) is 2.44. The molecule has 5 heteroatoms. The van der Waals surface area contributed by atoms with E-state index in [0.717, 1.165) is 0 Å². The van der Waals surface area contributed by atoms with Crippen LogP contribution in [0.1, 0.15) is 0 Å². The van der Waals surface area contributed by atoms with Crippen molar-refractivity contribution in [1.82, 2.24) is 0 Å². The number of hydrogen-bond acceptors (Lipinski definition) is 2. The SMILES string of the molecule is Fc1ccc(Cl)cc1NCCOc1ccccc1F. The largest absolute Gasteiger partial charge is 0.489 e. The number of nitrogens with one attached hydrogen (secondary N) is 1. The van der Waals surface area contributed by atoms with Crippen molar-refractivity contribution < 1.29 is 13.5 Å². The van der Waals surface area contributed by atoms with E-state index in [0.29, 0.717) is 17.3 Å². The Morgan fingerprint density at radius 3 is 2.63 bits per heavy atom. The Hall–Kier alpha value is -1.81. The van der Waals surface area contributed by atoms with E-state index in [9.17, 15) is 8.78 Å². The molecule has 2 rings (SSSR count). The van der Waals surface area contributed by atoms with Crippen LogP contribution in [0.4, 0.5) is 14.5 Å². The summed E-state index contributed by atoms with van der Waals surface area (Å²) in [5, 5.41) is 3.28. The van der Waals surface area contributed by atoms with E-state index in [1.807, 2.05) is 0 Å². The summed E-state index contributed by atoms with van der Waals surface area (Å²) in [6.45, 7) is 0.554. The third kappa shape index (κ3) is 3.83. The van der Waals surface area contributed by atoms with Gasteiger partial charge < -0.3 is 10.1 Å². The van der Waals surface area contributed by atoms with Gasteiger partial charge in [-0.3, -0.25) is 0 Å². The van der Waals surface area contributed by atoms with Gasteiger partial charge in [-0.25, -0.2) is 8.78 Å². The molecule has 0 unspecified atom stereocenters. The zero-order chi connectivity index (χ0) is 13.7. The second-order valence-electron chi connectivity index (χ2n) is 3.83. The van der Waals surface area contributed by atoms with Gasteiger partial charge in [0.25, 0.3) is 0 Å². The minimum absolute atomic E-state index is 0.177. The molecule has 0 radical (unpaired) electrons. The van der Waals surface area contributed by atoms with Crippen molar-refractivity contribution in [2.24, 2.45) is 0 Å². The highest BCUT2D eigenvalue weighted by atomic mass is 35.5. The van der Waals surface area contributed by atoms with Crippen molar-refractivity contribution in [2.45, 2.75) is 0 Å². The molecule has 1 N–H and O–H groups in total. The van der Waals surface area contributed by atoms with Crippen LogP contribution in [0.25, 0.3) is 0 Å². The first-order chi connectivity index (χ1) is 9.16. The number of rotatable bonds is 5. The number of ether oxygens (including phenoxy) is 1. The zero-order valence-corrected chi connectivity index (χ0v) is 10.8. The van der Waals surface area contributed by atoms with Gasteiger partial charge in [-0.1, -0.05) is 23.7 Å². The van der Waals surface area contributed by atoms with Gasteiger partial charge in [0.15, 0.2) is 11.6 Å². The van der Waals surface area contributed by atoms with Crippen LogP contribution in [0.3, 0.4) is 0 Å². The normalized spacial score (nSPS) is 10.3. The van der Waals surface area contributed by atoms with Crippen molar-refractivity contribution in [3.8, 4) is 5.75 Å². The molecule has 0 aliphatic carbocycles. The van der Waals surface area contributed by atoms with Crippen LogP contribution in [0.15, 0.2) is 42.5 Å². The fourth-order valence-electron chi connectivity index (χ4n) is 1.54. The highest BCUT2D eigenvalue weighted by Gasteiger charge is 2.03. The van der Waals surface area contributed by atoms with Gasteiger partial charge in [-0.05, 0) is 30.3 Å². The molecule has 0 fully saturated rings. The summed E-state index contributed by atoms with van der Waals surface area (Å²) in [7, 11) is 0. The van der Waals surface area contributed by atoms with Crippen molar-refractivity contribution in [1.29, 1.82) is 0 Å². The fraction of sp³-hybridized carbons (Fsp3) is 0.143. The standard InChI is InChI=1S/C14H12ClF2NO/c15-10-5-6-11(16)13(9-10)18-7-8-19-14-4-2-1-3-12(14)17/h1-6,9,18H,7-8H2. The number of hydrogen-bond donors (Lipinski definition) is 1. The molecular weight excluding hydrogens is 272 g/mol. The monoisotopic (exact) mass is 283 g/mol. The first-order valence-electron chi connectivity index (χ1n) is 5.73. The Morgan fingerprint density at radius 2 is 1.84 bits per heavy atom. The molecule has 2 aromatic rings. The Balaban J connectivity index is 1.84. The Morgan fingerprint density at radius 1 is 1.05 bits per heavy atom. The van der Waals surface area contributed by atoms with Crippen LogP contribution in [0.2, 0.25) is 5.02 Å². The molecule has 0 amide bonds. The molecule has 2 aromatic carbocycles. The predicted molar refractivity (Wildman–Crippen MR) is 71.8 cm³/mol. The third-order valence-corrected chi connectivity index (χ3v) is 2.68. The van der Waals surface area contributed by atoms with Crippen LogP contribution in [-0.2, 0) is 0 Å². The molecular formula is C14H12ClF2NO. The lowest BCUT2D eigenvalue weighted by atomic mass is 10.3. The lowest BCUT2D eigenvalue weighted by molar-refractivity contribution is 0.315. The number of benzene rings is 2. The zero-order valence-electron chi connectivity index (χ0n) is 10.00. The molecule has 0 aliphatic rings. The van der Waals surface area contributed by atoms with Gasteiger partial charge in [0, 0.05) is 11.6 Å². The van der Waals surface area contributed by atoms with Crippen molar-refractivity contribution in [3.63, 3.8) is 0 Å². The van der Waals surface area contributed by atoms with E-state index in [1.54, 1.807) is 12.1 Å². The average molecular weight is 284 g/mol. The molecule has 19 heavy (non-hydrogen) atoms. The fourth-order valence-corrected chi connectivity index (χ4v) is 1.71. The minimum Gasteiger partial charge on any atom is -0.489 e. The van der Waals surface area contributed by atoms with E-state index in [4.69, 9.17) is 16.3 Å². The maximum atomic E-state index is 13.4. The molecule has 0 heterocycles. The second kappa shape index (κ2) is 6.38. The van der Waals surface area contributed by atoms with E-state index in [-0.39, 0.29) is 12.4 Å². The molecule has 0 bridgehead atoms. The van der Waals surface area contributed by atoms with Gasteiger partial charge in [-0.2, -0.15) is 0 Å². The maximum absolute atomic E-state index is 13.4. The molecule has 0 atom stereocenters. The van der Waals surface area contributed by atoms with Gasteiger partial charge in [0.05, 0.1) is 5.69 Å². The van der Waals surface area contributed by atoms with Gasteiger partial charge in [0.2, 0.25) is 0 Å². The maximum Gasteiger partial charge on any atom is 0.165 e. The molecule has 0 aliphatic heterocycles. The highest BCUT2D eigenvalue weighted by Crippen LogP contribution is 2.19. The summed E-state index contributed by atoms with van der Waals surface area (Å²) in [6.07, 6.45) is 0. The Kier molecular flexibility index (Phi) is 4.58. The van der Waals surface area contributed by atoms with Gasteiger partial charge in [-0.15, -0.1) is 0 Å². The molecule has 0 saturated carbocycles. The van der Waals surface area contributed by atoms with Gasteiger partial charge >= 0.3 is 0 Å². The van der Waals surface area contributed by atoms with Crippen molar-refractivity contribution >= 4 is 17.3 Å². The Bertz CT molecular complexity index is 563. The predicted octanol–water partition coefficient (Wildman–Crippen LogP) is 4.11.